The maximum Gasteiger partial charge on any atom is 0.207 e. The zero-order valence-corrected chi connectivity index (χ0v) is 21.2. The summed E-state index contributed by atoms with van der Waals surface area (Å²) in [5.41, 5.74) is 0.929. The molecule has 8 heteroatoms. The molecule has 1 aliphatic heterocycles. The molecule has 192 valence electrons. The molecule has 1 N–H and O–H groups in total. The van der Waals surface area contributed by atoms with Gasteiger partial charge in [-0.15, -0.1) is 11.3 Å². The Labute approximate surface area is 217 Å². The molecular weight excluding hydrogens is 496 g/mol. The number of rotatable bonds is 10. The Morgan fingerprint density at radius 3 is 2.59 bits per heavy atom. The number of halogens is 2. The fourth-order valence-electron chi connectivity index (χ4n) is 4.43. The molecule has 0 amide bonds. The fourth-order valence-corrected chi connectivity index (χ4v) is 5.55. The van der Waals surface area contributed by atoms with Crippen LogP contribution in [0, 0.1) is 18.7 Å². The molecule has 1 aromatic heterocycles. The summed E-state index contributed by atoms with van der Waals surface area (Å²) in [6.07, 6.45) is 0.857. The van der Waals surface area contributed by atoms with Crippen molar-refractivity contribution in [2.75, 3.05) is 32.9 Å². The highest BCUT2D eigenvalue weighted by molar-refractivity contribution is 7.21. The van der Waals surface area contributed by atoms with E-state index in [1.165, 1.54) is 23.5 Å². The number of aryl methyl sites for hydroxylation is 1. The summed E-state index contributed by atoms with van der Waals surface area (Å²) in [6, 6.07) is 16.1. The maximum atomic E-state index is 13.9. The maximum absolute atomic E-state index is 13.9. The van der Waals surface area contributed by atoms with Crippen molar-refractivity contribution in [1.29, 1.82) is 0 Å². The highest BCUT2D eigenvalue weighted by Crippen LogP contribution is 2.43. The Hall–Kier alpha value is -3.49. The van der Waals surface area contributed by atoms with Crippen molar-refractivity contribution in [1.82, 2.24) is 4.90 Å². The number of likely N-dealkylation sites (tertiary alicyclic amines) is 1. The second-order valence-corrected chi connectivity index (χ2v) is 10.3. The van der Waals surface area contributed by atoms with Gasteiger partial charge >= 0.3 is 0 Å². The third kappa shape index (κ3) is 5.60. The smallest absolute Gasteiger partial charge is 0.207 e. The number of alkyl halides is 1. The lowest BCUT2D eigenvalue weighted by atomic mass is 10.0. The molecule has 1 fully saturated rings. The van der Waals surface area contributed by atoms with Crippen LogP contribution < -0.4 is 9.47 Å². The van der Waals surface area contributed by atoms with E-state index in [0.717, 1.165) is 26.1 Å². The number of fused-ring (bicyclic) bond motifs is 1. The predicted octanol–water partition coefficient (Wildman–Crippen LogP) is 6.75. The number of carbonyl (C=O) groups is 1. The van der Waals surface area contributed by atoms with Gasteiger partial charge in [0.15, 0.2) is 5.75 Å². The summed E-state index contributed by atoms with van der Waals surface area (Å²) in [5, 5.41) is 10.6. The van der Waals surface area contributed by atoms with Crippen LogP contribution in [0.1, 0.15) is 27.2 Å². The SMILES string of the molecule is Cc1ccc(F)cc1C(=O)c1sc2cc(O)ccc2c1Oc1ccc(OCCCN2CC(CF)C2)cc1. The summed E-state index contributed by atoms with van der Waals surface area (Å²) >= 11 is 1.20. The normalized spacial score (nSPS) is 14.0. The van der Waals surface area contributed by atoms with E-state index in [9.17, 15) is 18.7 Å². The standard InChI is InChI=1S/C29H27F2NO4S/c1-18-3-4-20(31)13-25(18)27(34)29-28(24-10-5-21(33)14-26(24)37-29)36-23-8-6-22(7-9-23)35-12-2-11-32-16-19(15-30)17-32/h3-10,13-14,19,33H,2,11-12,15-17H2,1H3. The van der Waals surface area contributed by atoms with Crippen LogP contribution in [0.4, 0.5) is 8.78 Å². The average molecular weight is 524 g/mol. The molecule has 1 aliphatic rings. The molecule has 0 unspecified atom stereocenters. The molecular formula is C29H27F2NO4S. The number of ketones is 1. The Morgan fingerprint density at radius 2 is 1.84 bits per heavy atom. The largest absolute Gasteiger partial charge is 0.508 e. The average Bonchev–Trinajstić information content (AvgIpc) is 3.22. The topological polar surface area (TPSA) is 59.0 Å². The van der Waals surface area contributed by atoms with Crippen LogP contribution in [-0.2, 0) is 0 Å². The van der Waals surface area contributed by atoms with Crippen molar-refractivity contribution < 1.29 is 28.2 Å². The molecule has 37 heavy (non-hydrogen) atoms. The van der Waals surface area contributed by atoms with Crippen molar-refractivity contribution >= 4 is 27.2 Å². The Kier molecular flexibility index (Phi) is 7.39. The number of carbonyl (C=O) groups excluding carboxylic acids is 1. The summed E-state index contributed by atoms with van der Waals surface area (Å²) in [7, 11) is 0. The van der Waals surface area contributed by atoms with E-state index in [-0.39, 0.29) is 29.7 Å². The molecule has 3 aromatic carbocycles. The number of thiophene rings is 1. The van der Waals surface area contributed by atoms with Crippen molar-refractivity contribution in [3.63, 3.8) is 0 Å². The molecule has 2 heterocycles. The van der Waals surface area contributed by atoms with Crippen LogP contribution in [0.2, 0.25) is 0 Å². The van der Waals surface area contributed by atoms with Crippen molar-refractivity contribution in [3.05, 3.63) is 82.5 Å². The predicted molar refractivity (Wildman–Crippen MR) is 141 cm³/mol. The van der Waals surface area contributed by atoms with E-state index in [0.29, 0.717) is 44.4 Å². The first-order chi connectivity index (χ1) is 17.9. The van der Waals surface area contributed by atoms with Gasteiger partial charge in [0.1, 0.15) is 27.9 Å². The molecule has 0 saturated carbocycles. The molecule has 4 aromatic rings. The van der Waals surface area contributed by atoms with Gasteiger partial charge in [0.2, 0.25) is 5.78 Å². The molecule has 0 spiro atoms. The van der Waals surface area contributed by atoms with Crippen LogP contribution in [0.5, 0.6) is 23.0 Å². The first kappa shape index (κ1) is 25.2. The minimum Gasteiger partial charge on any atom is -0.508 e. The lowest BCUT2D eigenvalue weighted by Gasteiger charge is -2.37. The van der Waals surface area contributed by atoms with E-state index >= 15 is 0 Å². The molecule has 1 saturated heterocycles. The molecule has 0 atom stereocenters. The molecule has 0 radical (unpaired) electrons. The number of phenolic OH excluding ortho intramolecular Hbond substituents is 1. The monoisotopic (exact) mass is 523 g/mol. The molecule has 0 bridgehead atoms. The number of hydrogen-bond acceptors (Lipinski definition) is 6. The van der Waals surface area contributed by atoms with Gasteiger partial charge in [-0.2, -0.15) is 0 Å². The Balaban J connectivity index is 1.31. The summed E-state index contributed by atoms with van der Waals surface area (Å²) in [4.78, 5) is 16.0. The minimum absolute atomic E-state index is 0.0825. The van der Waals surface area contributed by atoms with Crippen LogP contribution >= 0.6 is 11.3 Å². The first-order valence-electron chi connectivity index (χ1n) is 12.2. The van der Waals surface area contributed by atoms with Gasteiger partial charge in [0.25, 0.3) is 0 Å². The number of ether oxygens (including phenoxy) is 2. The van der Waals surface area contributed by atoms with Crippen LogP contribution in [0.3, 0.4) is 0 Å². The van der Waals surface area contributed by atoms with Gasteiger partial charge in [-0.1, -0.05) is 6.07 Å². The van der Waals surface area contributed by atoms with E-state index in [4.69, 9.17) is 9.47 Å². The number of nitrogens with zero attached hydrogens (tertiary/aromatic N) is 1. The molecule has 5 rings (SSSR count). The molecule has 5 nitrogen and oxygen atoms in total. The lowest BCUT2D eigenvalue weighted by molar-refractivity contribution is 0.0755. The van der Waals surface area contributed by atoms with Gasteiger partial charge < -0.3 is 19.5 Å². The zero-order chi connectivity index (χ0) is 25.9. The van der Waals surface area contributed by atoms with Crippen molar-refractivity contribution in [2.45, 2.75) is 13.3 Å². The number of aromatic hydroxyl groups is 1. The Bertz CT molecular complexity index is 1410. The Morgan fingerprint density at radius 1 is 1.08 bits per heavy atom. The highest BCUT2D eigenvalue weighted by atomic mass is 32.1. The molecule has 0 aliphatic carbocycles. The third-order valence-corrected chi connectivity index (χ3v) is 7.59. The second-order valence-electron chi connectivity index (χ2n) is 9.28. The van der Waals surface area contributed by atoms with E-state index in [1.807, 2.05) is 0 Å². The summed E-state index contributed by atoms with van der Waals surface area (Å²) in [6.45, 7) is 4.60. The third-order valence-electron chi connectivity index (χ3n) is 6.46. The van der Waals surface area contributed by atoms with Gasteiger partial charge in [-0.05, 0) is 73.5 Å². The number of phenols is 1. The van der Waals surface area contributed by atoms with Gasteiger partial charge in [0.05, 0.1) is 13.3 Å². The van der Waals surface area contributed by atoms with E-state index in [1.54, 1.807) is 55.5 Å². The highest BCUT2D eigenvalue weighted by Gasteiger charge is 2.26. The summed E-state index contributed by atoms with van der Waals surface area (Å²) < 4.78 is 39.2. The van der Waals surface area contributed by atoms with Gasteiger partial charge in [-0.3, -0.25) is 9.18 Å². The van der Waals surface area contributed by atoms with Gasteiger partial charge in [0, 0.05) is 41.2 Å². The number of benzene rings is 3. The fraction of sp³-hybridized carbons (Fsp3) is 0.276. The summed E-state index contributed by atoms with van der Waals surface area (Å²) in [5.74, 6) is 1.02. The van der Waals surface area contributed by atoms with Crippen LogP contribution in [0.15, 0.2) is 60.7 Å². The zero-order valence-electron chi connectivity index (χ0n) is 20.4. The van der Waals surface area contributed by atoms with Crippen molar-refractivity contribution in [2.24, 2.45) is 5.92 Å². The van der Waals surface area contributed by atoms with E-state index in [2.05, 4.69) is 4.90 Å². The number of hydrogen-bond donors (Lipinski definition) is 1. The van der Waals surface area contributed by atoms with E-state index < -0.39 is 5.82 Å². The van der Waals surface area contributed by atoms with Gasteiger partial charge in [-0.25, -0.2) is 4.39 Å². The van der Waals surface area contributed by atoms with Crippen LogP contribution in [-0.4, -0.2) is 48.7 Å². The minimum atomic E-state index is -0.486. The second kappa shape index (κ2) is 10.9. The van der Waals surface area contributed by atoms with Crippen molar-refractivity contribution in [3.8, 4) is 23.0 Å². The first-order valence-corrected chi connectivity index (χ1v) is 13.0. The lowest BCUT2D eigenvalue weighted by Crippen LogP contribution is -2.48. The quantitative estimate of drug-likeness (QED) is 0.184. The van der Waals surface area contributed by atoms with Crippen LogP contribution in [0.25, 0.3) is 10.1 Å².